The lowest BCUT2D eigenvalue weighted by Gasteiger charge is -2.04. The van der Waals surface area contributed by atoms with E-state index in [1.807, 2.05) is 47.3 Å². The van der Waals surface area contributed by atoms with Gasteiger partial charge in [-0.1, -0.05) is 36.4 Å². The highest BCUT2D eigenvalue weighted by atomic mass is 16.6. The van der Waals surface area contributed by atoms with Crippen molar-refractivity contribution in [3.8, 4) is 5.75 Å². The largest absolute Gasteiger partial charge is 0.490 e. The summed E-state index contributed by atoms with van der Waals surface area (Å²) in [5.41, 5.74) is 2.19. The third-order valence-electron chi connectivity index (χ3n) is 3.57. The monoisotopic (exact) mass is 312 g/mol. The number of aliphatic hydroxyl groups is 1. The topological polar surface area (TPSA) is 59.8 Å². The molecule has 1 aliphatic heterocycles. The summed E-state index contributed by atoms with van der Waals surface area (Å²) in [6, 6.07) is 16.3. The van der Waals surface area contributed by atoms with Gasteiger partial charge in [-0.3, -0.25) is 4.68 Å². The number of aromatic nitrogens is 2. The van der Waals surface area contributed by atoms with Gasteiger partial charge in [-0.05, 0) is 17.7 Å². The Kier molecular flexibility index (Phi) is 4.90. The molecule has 1 fully saturated rings. The quantitative estimate of drug-likeness (QED) is 0.735. The highest BCUT2D eigenvalue weighted by Gasteiger charge is 2.23. The van der Waals surface area contributed by atoms with Crippen LogP contribution in [0.25, 0.3) is 10.9 Å². The van der Waals surface area contributed by atoms with E-state index in [0.29, 0.717) is 6.61 Å². The Bertz CT molecular complexity index is 751. The second-order valence-corrected chi connectivity index (χ2v) is 5.27. The molecular formula is C18H20N2O3. The summed E-state index contributed by atoms with van der Waals surface area (Å²) in [5.74, 6) is 0.877. The lowest BCUT2D eigenvalue weighted by atomic mass is 10.2. The van der Waals surface area contributed by atoms with Crippen LogP contribution < -0.4 is 4.74 Å². The third kappa shape index (κ3) is 3.88. The molecule has 1 N–H and O–H groups in total. The van der Waals surface area contributed by atoms with Gasteiger partial charge in [-0.15, -0.1) is 0 Å². The molecule has 1 aromatic heterocycles. The first-order chi connectivity index (χ1) is 11.4. The van der Waals surface area contributed by atoms with Crippen molar-refractivity contribution in [1.29, 1.82) is 0 Å². The van der Waals surface area contributed by atoms with Gasteiger partial charge in [0.15, 0.2) is 0 Å². The molecule has 1 saturated heterocycles. The number of rotatable bonds is 5. The van der Waals surface area contributed by atoms with E-state index in [1.54, 1.807) is 0 Å². The van der Waals surface area contributed by atoms with Gasteiger partial charge in [0.1, 0.15) is 18.5 Å². The predicted octanol–water partition coefficient (Wildman–Crippen LogP) is 2.47. The molecule has 23 heavy (non-hydrogen) atoms. The molecule has 0 saturated carbocycles. The van der Waals surface area contributed by atoms with Crippen molar-refractivity contribution in [2.24, 2.45) is 0 Å². The first kappa shape index (κ1) is 15.5. The molecule has 3 aromatic rings. The third-order valence-corrected chi connectivity index (χ3v) is 3.57. The second-order valence-electron chi connectivity index (χ2n) is 5.27. The highest BCUT2D eigenvalue weighted by Crippen LogP contribution is 2.26. The van der Waals surface area contributed by atoms with Crippen LogP contribution in [-0.4, -0.2) is 41.3 Å². The van der Waals surface area contributed by atoms with Gasteiger partial charge in [-0.25, -0.2) is 0 Å². The normalized spacial score (nSPS) is 15.8. The van der Waals surface area contributed by atoms with Crippen LogP contribution in [0.3, 0.4) is 0 Å². The van der Waals surface area contributed by atoms with Crippen LogP contribution in [0, 0.1) is 0 Å². The summed E-state index contributed by atoms with van der Waals surface area (Å²) in [5, 5.41) is 12.7. The van der Waals surface area contributed by atoms with Crippen LogP contribution >= 0.6 is 0 Å². The van der Waals surface area contributed by atoms with Crippen molar-refractivity contribution in [3.05, 3.63) is 60.3 Å². The fourth-order valence-electron chi connectivity index (χ4n) is 2.39. The van der Waals surface area contributed by atoms with E-state index in [1.165, 1.54) is 5.56 Å². The highest BCUT2D eigenvalue weighted by molar-refractivity contribution is 5.84. The zero-order valence-corrected chi connectivity index (χ0v) is 13.1. The van der Waals surface area contributed by atoms with Gasteiger partial charge in [0.05, 0.1) is 24.1 Å². The maximum Gasteiger partial charge on any atom is 0.130 e. The predicted molar refractivity (Wildman–Crippen MR) is 88.7 cm³/mol. The minimum absolute atomic E-state index is 0.264. The fourth-order valence-corrected chi connectivity index (χ4v) is 2.39. The minimum Gasteiger partial charge on any atom is -0.490 e. The van der Waals surface area contributed by atoms with E-state index in [9.17, 15) is 0 Å². The number of hydrogen-bond acceptors (Lipinski definition) is 4. The Morgan fingerprint density at radius 3 is 2.70 bits per heavy atom. The summed E-state index contributed by atoms with van der Waals surface area (Å²) < 4.78 is 13.0. The molecule has 1 atom stereocenters. The molecule has 4 rings (SSSR count). The summed E-state index contributed by atoms with van der Waals surface area (Å²) in [7, 11) is 1.00. The van der Waals surface area contributed by atoms with Crippen LogP contribution in [0.5, 0.6) is 5.75 Å². The molecule has 120 valence electrons. The maximum atomic E-state index is 7.00. The summed E-state index contributed by atoms with van der Waals surface area (Å²) in [6.45, 7) is 2.19. The molecule has 2 aromatic carbocycles. The minimum atomic E-state index is 0.264. The van der Waals surface area contributed by atoms with Crippen molar-refractivity contribution in [2.45, 2.75) is 12.6 Å². The number of fused-ring (bicyclic) bond motifs is 1. The summed E-state index contributed by atoms with van der Waals surface area (Å²) in [6.07, 6.45) is 2.31. The van der Waals surface area contributed by atoms with Crippen LogP contribution in [-0.2, 0) is 11.3 Å². The molecule has 0 spiro atoms. The lowest BCUT2D eigenvalue weighted by Crippen LogP contribution is -2.03. The van der Waals surface area contributed by atoms with E-state index in [4.69, 9.17) is 14.6 Å². The smallest absolute Gasteiger partial charge is 0.130 e. The number of hydrogen-bond donors (Lipinski definition) is 1. The molecule has 1 aliphatic rings. The van der Waals surface area contributed by atoms with Gasteiger partial charge >= 0.3 is 0 Å². The van der Waals surface area contributed by atoms with Crippen LogP contribution in [0.2, 0.25) is 0 Å². The molecule has 5 heteroatoms. The van der Waals surface area contributed by atoms with E-state index in [0.717, 1.165) is 36.9 Å². The fraction of sp³-hybridized carbons (Fsp3) is 0.278. The molecule has 0 amide bonds. The molecule has 0 radical (unpaired) electrons. The molecular weight excluding hydrogens is 292 g/mol. The van der Waals surface area contributed by atoms with E-state index < -0.39 is 0 Å². The number of nitrogens with zero attached hydrogens (tertiary/aromatic N) is 2. The average molecular weight is 312 g/mol. The first-order valence-corrected chi connectivity index (χ1v) is 7.58. The Hall–Kier alpha value is -2.37. The molecule has 0 aliphatic carbocycles. The summed E-state index contributed by atoms with van der Waals surface area (Å²) in [4.78, 5) is 0. The Morgan fingerprint density at radius 2 is 1.96 bits per heavy atom. The van der Waals surface area contributed by atoms with Gasteiger partial charge < -0.3 is 14.6 Å². The van der Waals surface area contributed by atoms with Crippen molar-refractivity contribution < 1.29 is 14.6 Å². The van der Waals surface area contributed by atoms with Crippen LogP contribution in [0.15, 0.2) is 54.7 Å². The SMILES string of the molecule is CO.c1ccc(Cn2cc3c(OCC4CO4)cccc3n2)cc1. The standard InChI is InChI=1S/C17H16N2O2.CH4O/c1-2-5-13(6-3-1)9-19-10-15-16(18-19)7-4-8-17(15)21-12-14-11-20-14;1-2/h1-8,10,14H,9,11-12H2;2H,1H3. The molecule has 1 unspecified atom stereocenters. The van der Waals surface area contributed by atoms with Crippen molar-refractivity contribution >= 4 is 10.9 Å². The number of epoxide rings is 1. The van der Waals surface area contributed by atoms with Crippen molar-refractivity contribution in [3.63, 3.8) is 0 Å². The molecule has 2 heterocycles. The first-order valence-electron chi connectivity index (χ1n) is 7.58. The molecule has 5 nitrogen and oxygen atoms in total. The Labute approximate surface area is 135 Å². The second kappa shape index (κ2) is 7.26. The van der Waals surface area contributed by atoms with Gasteiger partial charge in [-0.2, -0.15) is 5.10 Å². The van der Waals surface area contributed by atoms with Gasteiger partial charge in [0.2, 0.25) is 0 Å². The Morgan fingerprint density at radius 1 is 1.17 bits per heavy atom. The zero-order valence-electron chi connectivity index (χ0n) is 13.1. The average Bonchev–Trinajstić information content (AvgIpc) is 3.34. The molecule has 0 bridgehead atoms. The maximum absolute atomic E-state index is 7.00. The van der Waals surface area contributed by atoms with E-state index in [2.05, 4.69) is 17.2 Å². The number of aliphatic hydroxyl groups excluding tert-OH is 1. The number of ether oxygens (including phenoxy) is 2. The van der Waals surface area contributed by atoms with Gasteiger partial charge in [0, 0.05) is 13.3 Å². The van der Waals surface area contributed by atoms with Crippen LogP contribution in [0.1, 0.15) is 5.56 Å². The lowest BCUT2D eigenvalue weighted by molar-refractivity contribution is 0.265. The zero-order chi connectivity index (χ0) is 16.1. The van der Waals surface area contributed by atoms with E-state index in [-0.39, 0.29) is 6.10 Å². The Balaban J connectivity index is 0.000000753. The van der Waals surface area contributed by atoms with Crippen molar-refractivity contribution in [2.75, 3.05) is 20.3 Å². The number of benzene rings is 2. The summed E-state index contributed by atoms with van der Waals surface area (Å²) >= 11 is 0. The van der Waals surface area contributed by atoms with Crippen LogP contribution in [0.4, 0.5) is 0 Å². The van der Waals surface area contributed by atoms with E-state index >= 15 is 0 Å². The van der Waals surface area contributed by atoms with Gasteiger partial charge in [0.25, 0.3) is 0 Å². The van der Waals surface area contributed by atoms with Crippen molar-refractivity contribution in [1.82, 2.24) is 9.78 Å².